The maximum Gasteiger partial charge on any atom is 0.0991 e. The van der Waals surface area contributed by atoms with Gasteiger partial charge in [0.1, 0.15) is 0 Å². The summed E-state index contributed by atoms with van der Waals surface area (Å²) in [5.41, 5.74) is 23.9. The van der Waals surface area contributed by atoms with Crippen molar-refractivity contribution in [2.45, 2.75) is 39.5 Å². The van der Waals surface area contributed by atoms with E-state index in [1.54, 1.807) is 0 Å². The van der Waals surface area contributed by atoms with Crippen molar-refractivity contribution in [1.82, 2.24) is 15.0 Å². The van der Waals surface area contributed by atoms with Crippen LogP contribution < -0.4 is 0 Å². The van der Waals surface area contributed by atoms with E-state index >= 15 is 0 Å². The minimum Gasteiger partial charge on any atom is -0.256 e. The Morgan fingerprint density at radius 3 is 1.29 bits per heavy atom. The van der Waals surface area contributed by atoms with Crippen LogP contribution in [-0.2, 0) is 25.7 Å². The molecule has 0 radical (unpaired) electrons. The fraction of sp³-hybridized carbons (Fsp3) is 0.0938. The van der Waals surface area contributed by atoms with Crippen LogP contribution >= 0.6 is 0 Å². The van der Waals surface area contributed by atoms with Crippen molar-refractivity contribution < 1.29 is 0 Å². The smallest absolute Gasteiger partial charge is 0.0991 e. The van der Waals surface area contributed by atoms with E-state index in [4.69, 9.17) is 4.98 Å². The molecule has 0 aliphatic heterocycles. The first kappa shape index (κ1) is 43.4. The highest BCUT2D eigenvalue weighted by Gasteiger charge is 2.18. The van der Waals surface area contributed by atoms with Gasteiger partial charge in [0.2, 0.25) is 0 Å². The summed E-state index contributed by atoms with van der Waals surface area (Å²) < 4.78 is 0. The standard InChI is InChI=1S/C64H50N4/c1-44-38-60(45(2)37-59(44)51-26-24-48(43-65)25-27-51)61-42-54(64-15-7-10-36-68-64)32-33-58(61)57-12-4-3-11-56(57)55-40-49(18-16-46-20-28-52(29-21-46)62-13-5-8-34-66-62)39-50(41-55)19-17-47-22-30-53(31-23-47)63-14-6-9-35-67-63/h3-15,20-42H,16-19H2,1-2H3. The molecule has 0 fully saturated rings. The fourth-order valence-corrected chi connectivity index (χ4v) is 9.34. The maximum atomic E-state index is 9.46. The number of benzene rings is 7. The van der Waals surface area contributed by atoms with E-state index in [2.05, 4.69) is 169 Å². The number of nitriles is 1. The molecule has 0 saturated heterocycles. The van der Waals surface area contributed by atoms with Crippen molar-refractivity contribution in [3.8, 4) is 84.3 Å². The Hall–Kier alpha value is -8.52. The number of nitrogens with zero attached hydrogens (tertiary/aromatic N) is 4. The van der Waals surface area contributed by atoms with Gasteiger partial charge < -0.3 is 0 Å². The summed E-state index contributed by atoms with van der Waals surface area (Å²) in [6.45, 7) is 4.39. The van der Waals surface area contributed by atoms with Crippen molar-refractivity contribution in [1.29, 1.82) is 5.26 Å². The molecule has 3 aromatic heterocycles. The van der Waals surface area contributed by atoms with Crippen molar-refractivity contribution in [2.24, 2.45) is 0 Å². The van der Waals surface area contributed by atoms with Crippen molar-refractivity contribution in [3.63, 3.8) is 0 Å². The summed E-state index contributed by atoms with van der Waals surface area (Å²) in [6.07, 6.45) is 9.24. The minimum atomic E-state index is 0.658. The van der Waals surface area contributed by atoms with E-state index in [1.165, 1.54) is 61.2 Å². The van der Waals surface area contributed by atoms with E-state index in [-0.39, 0.29) is 0 Å². The van der Waals surface area contributed by atoms with Crippen LogP contribution in [0.3, 0.4) is 0 Å². The molecule has 7 aromatic carbocycles. The minimum absolute atomic E-state index is 0.658. The molecule has 4 heteroatoms. The Morgan fingerprint density at radius 2 is 0.765 bits per heavy atom. The van der Waals surface area contributed by atoms with E-state index in [9.17, 15) is 5.26 Å². The summed E-state index contributed by atoms with van der Waals surface area (Å²) in [5, 5.41) is 9.46. The molecule has 0 aliphatic rings. The van der Waals surface area contributed by atoms with Crippen LogP contribution in [0.1, 0.15) is 38.9 Å². The van der Waals surface area contributed by atoms with Gasteiger partial charge in [-0.15, -0.1) is 0 Å². The Kier molecular flexibility index (Phi) is 12.7. The second kappa shape index (κ2) is 19.9. The zero-order valence-corrected chi connectivity index (χ0v) is 38.4. The van der Waals surface area contributed by atoms with Gasteiger partial charge in [-0.05, 0) is 172 Å². The molecule has 0 saturated carbocycles. The normalized spacial score (nSPS) is 11.0. The van der Waals surface area contributed by atoms with E-state index in [0.29, 0.717) is 5.56 Å². The molecular weight excluding hydrogens is 825 g/mol. The lowest BCUT2D eigenvalue weighted by Crippen LogP contribution is -1.98. The zero-order chi connectivity index (χ0) is 46.2. The fourth-order valence-electron chi connectivity index (χ4n) is 9.34. The lowest BCUT2D eigenvalue weighted by molar-refractivity contribution is 0.931. The molecular formula is C64H50N4. The van der Waals surface area contributed by atoms with Crippen molar-refractivity contribution >= 4 is 0 Å². The summed E-state index contributed by atoms with van der Waals surface area (Å²) in [4.78, 5) is 13.9. The Balaban J connectivity index is 1.04. The molecule has 0 bridgehead atoms. The van der Waals surface area contributed by atoms with Gasteiger partial charge in [-0.3, -0.25) is 15.0 Å². The Morgan fingerprint density at radius 1 is 0.324 bits per heavy atom. The highest BCUT2D eigenvalue weighted by Crippen LogP contribution is 2.43. The Labute approximate surface area is 400 Å². The second-order valence-corrected chi connectivity index (χ2v) is 17.6. The summed E-state index contributed by atoms with van der Waals surface area (Å²) in [5.74, 6) is 0. The number of hydrogen-bond donors (Lipinski definition) is 0. The predicted molar refractivity (Wildman–Crippen MR) is 280 cm³/mol. The van der Waals surface area contributed by atoms with Gasteiger partial charge in [0.15, 0.2) is 0 Å². The van der Waals surface area contributed by atoms with Crippen LogP contribution in [0, 0.1) is 25.2 Å². The number of hydrogen-bond acceptors (Lipinski definition) is 4. The average molecular weight is 875 g/mol. The highest BCUT2D eigenvalue weighted by atomic mass is 14.7. The lowest BCUT2D eigenvalue weighted by Gasteiger charge is -2.20. The maximum absolute atomic E-state index is 9.46. The van der Waals surface area contributed by atoms with Crippen LogP contribution in [0.5, 0.6) is 0 Å². The quantitative estimate of drug-likeness (QED) is 0.116. The lowest BCUT2D eigenvalue weighted by atomic mass is 9.84. The first-order valence-corrected chi connectivity index (χ1v) is 23.4. The highest BCUT2D eigenvalue weighted by molar-refractivity contribution is 5.95. The molecule has 3 heterocycles. The Bertz CT molecular complexity index is 3270. The predicted octanol–water partition coefficient (Wildman–Crippen LogP) is 15.6. The molecule has 0 aliphatic carbocycles. The monoisotopic (exact) mass is 874 g/mol. The van der Waals surface area contributed by atoms with Gasteiger partial charge in [0.25, 0.3) is 0 Å². The number of rotatable bonds is 13. The summed E-state index contributed by atoms with van der Waals surface area (Å²) in [6, 6.07) is 73.7. The van der Waals surface area contributed by atoms with Crippen LogP contribution in [0.25, 0.3) is 78.3 Å². The van der Waals surface area contributed by atoms with E-state index in [0.717, 1.165) is 76.1 Å². The van der Waals surface area contributed by atoms with Crippen molar-refractivity contribution in [3.05, 3.63) is 258 Å². The van der Waals surface area contributed by atoms with Crippen LogP contribution in [0.15, 0.2) is 219 Å². The number of aromatic nitrogens is 3. The second-order valence-electron chi connectivity index (χ2n) is 17.6. The van der Waals surface area contributed by atoms with Gasteiger partial charge in [-0.25, -0.2) is 0 Å². The molecule has 10 aromatic rings. The van der Waals surface area contributed by atoms with Gasteiger partial charge in [-0.2, -0.15) is 5.26 Å². The summed E-state index contributed by atoms with van der Waals surface area (Å²) >= 11 is 0. The molecule has 10 rings (SSSR count). The molecule has 68 heavy (non-hydrogen) atoms. The third-order valence-electron chi connectivity index (χ3n) is 13.0. The molecule has 4 nitrogen and oxygen atoms in total. The van der Waals surface area contributed by atoms with E-state index < -0.39 is 0 Å². The molecule has 0 amide bonds. The SMILES string of the molecule is Cc1cc(-c2cc(-c3ccccn3)ccc2-c2ccccc2-c2cc(CCc3ccc(-c4ccccn4)cc3)cc(CCc3ccc(-c4ccccn4)cc3)c2)c(C)cc1-c1ccc(C#N)cc1. The molecule has 326 valence electrons. The van der Waals surface area contributed by atoms with Crippen LogP contribution in [0.2, 0.25) is 0 Å². The number of pyridine rings is 3. The van der Waals surface area contributed by atoms with Gasteiger partial charge in [0.05, 0.1) is 28.7 Å². The van der Waals surface area contributed by atoms with Gasteiger partial charge in [0, 0.05) is 35.3 Å². The number of aryl methyl sites for hydroxylation is 6. The van der Waals surface area contributed by atoms with E-state index in [1.807, 2.05) is 79.3 Å². The van der Waals surface area contributed by atoms with Gasteiger partial charge >= 0.3 is 0 Å². The molecule has 0 unspecified atom stereocenters. The zero-order valence-electron chi connectivity index (χ0n) is 38.4. The van der Waals surface area contributed by atoms with Gasteiger partial charge in [-0.1, -0.05) is 146 Å². The molecule has 0 N–H and O–H groups in total. The molecule has 0 spiro atoms. The molecule has 0 atom stereocenters. The topological polar surface area (TPSA) is 62.5 Å². The largest absolute Gasteiger partial charge is 0.256 e. The van der Waals surface area contributed by atoms with Crippen molar-refractivity contribution in [2.75, 3.05) is 0 Å². The first-order chi connectivity index (χ1) is 33.5. The third kappa shape index (κ3) is 9.70. The van der Waals surface area contributed by atoms with Crippen LogP contribution in [0.4, 0.5) is 0 Å². The third-order valence-corrected chi connectivity index (χ3v) is 13.0. The van der Waals surface area contributed by atoms with Crippen LogP contribution in [-0.4, -0.2) is 15.0 Å². The summed E-state index contributed by atoms with van der Waals surface area (Å²) in [7, 11) is 0. The first-order valence-electron chi connectivity index (χ1n) is 23.4. The average Bonchev–Trinajstić information content (AvgIpc) is 3.41.